The average molecular weight is 380 g/mol. The van der Waals surface area contributed by atoms with E-state index in [0.717, 1.165) is 21.2 Å². The minimum Gasteiger partial charge on any atom is -0.379 e. The zero-order valence-corrected chi connectivity index (χ0v) is 13.3. The first kappa shape index (κ1) is 12.8. The predicted octanol–water partition coefficient (Wildman–Crippen LogP) is 5.31. The molecule has 0 atom stereocenters. The molecule has 0 fully saturated rings. The van der Waals surface area contributed by atoms with Crippen molar-refractivity contribution in [2.24, 2.45) is 0 Å². The highest BCUT2D eigenvalue weighted by molar-refractivity contribution is 9.11. The van der Waals surface area contributed by atoms with Crippen molar-refractivity contribution >= 4 is 48.5 Å². The Labute approximate surface area is 128 Å². The van der Waals surface area contributed by atoms with E-state index in [1.54, 1.807) is 0 Å². The van der Waals surface area contributed by atoms with Gasteiger partial charge < -0.3 is 10.3 Å². The second-order valence-corrected chi connectivity index (χ2v) is 6.02. The van der Waals surface area contributed by atoms with E-state index in [9.17, 15) is 0 Å². The van der Waals surface area contributed by atoms with Gasteiger partial charge in [-0.3, -0.25) is 0 Å². The quantitative estimate of drug-likeness (QED) is 0.634. The van der Waals surface area contributed by atoms with Gasteiger partial charge in [-0.25, -0.2) is 0 Å². The molecule has 0 radical (unpaired) electrons. The summed E-state index contributed by atoms with van der Waals surface area (Å²) in [5, 5.41) is 4.71. The van der Waals surface area contributed by atoms with Crippen molar-refractivity contribution in [1.82, 2.24) is 4.98 Å². The number of aromatic nitrogens is 1. The first-order valence-electron chi connectivity index (χ1n) is 5.98. The number of H-pyrrole nitrogens is 1. The molecule has 3 rings (SSSR count). The highest BCUT2D eigenvalue weighted by atomic mass is 79.9. The first-order chi connectivity index (χ1) is 9.25. The van der Waals surface area contributed by atoms with Crippen molar-refractivity contribution in [1.29, 1.82) is 0 Å². The summed E-state index contributed by atoms with van der Waals surface area (Å²) < 4.78 is 2.11. The summed E-state index contributed by atoms with van der Waals surface area (Å²) >= 11 is 7.13. The maximum Gasteiger partial charge on any atom is 0.0631 e. The Bertz CT molecular complexity index is 699. The van der Waals surface area contributed by atoms with Crippen LogP contribution in [-0.4, -0.2) is 4.98 Å². The molecule has 1 heterocycles. The molecule has 0 amide bonds. The van der Waals surface area contributed by atoms with Crippen molar-refractivity contribution in [2.75, 3.05) is 5.32 Å². The number of halogens is 2. The highest BCUT2D eigenvalue weighted by Crippen LogP contribution is 2.31. The number of aromatic amines is 1. The van der Waals surface area contributed by atoms with E-state index in [-0.39, 0.29) is 0 Å². The van der Waals surface area contributed by atoms with Gasteiger partial charge in [-0.05, 0) is 61.0 Å². The van der Waals surface area contributed by atoms with Crippen LogP contribution >= 0.6 is 31.9 Å². The van der Waals surface area contributed by atoms with Gasteiger partial charge in [-0.1, -0.05) is 24.3 Å². The van der Waals surface area contributed by atoms with Gasteiger partial charge in [0.2, 0.25) is 0 Å². The number of hydrogen-bond donors (Lipinski definition) is 2. The average Bonchev–Trinajstić information content (AvgIpc) is 2.87. The summed E-state index contributed by atoms with van der Waals surface area (Å²) in [4.78, 5) is 3.29. The van der Waals surface area contributed by atoms with Crippen LogP contribution < -0.4 is 5.32 Å². The Morgan fingerprint density at radius 1 is 0.947 bits per heavy atom. The van der Waals surface area contributed by atoms with Gasteiger partial charge in [0, 0.05) is 21.7 Å². The minimum atomic E-state index is 0.777. The molecule has 1 aromatic heterocycles. The smallest absolute Gasteiger partial charge is 0.0631 e. The van der Waals surface area contributed by atoms with Gasteiger partial charge in [0.25, 0.3) is 0 Å². The summed E-state index contributed by atoms with van der Waals surface area (Å²) in [5.41, 5.74) is 3.52. The van der Waals surface area contributed by atoms with Crippen molar-refractivity contribution in [3.8, 4) is 0 Å². The second kappa shape index (κ2) is 5.39. The fourth-order valence-electron chi connectivity index (χ4n) is 2.15. The zero-order chi connectivity index (χ0) is 13.2. The molecule has 19 heavy (non-hydrogen) atoms. The molecule has 96 valence electrons. The van der Waals surface area contributed by atoms with Gasteiger partial charge >= 0.3 is 0 Å². The molecule has 0 aliphatic rings. The van der Waals surface area contributed by atoms with Gasteiger partial charge in [0.05, 0.1) is 11.2 Å². The largest absolute Gasteiger partial charge is 0.379 e. The lowest BCUT2D eigenvalue weighted by atomic mass is 10.1. The molecular formula is C15H12Br2N2. The highest BCUT2D eigenvalue weighted by Gasteiger charge is 2.06. The Hall–Kier alpha value is -1.26. The van der Waals surface area contributed by atoms with E-state index in [1.165, 1.54) is 16.5 Å². The molecule has 0 saturated heterocycles. The Morgan fingerprint density at radius 3 is 2.47 bits per heavy atom. The van der Waals surface area contributed by atoms with Gasteiger partial charge in [-0.15, -0.1) is 0 Å². The third-order valence-corrected chi connectivity index (χ3v) is 4.41. The van der Waals surface area contributed by atoms with Crippen LogP contribution in [0.2, 0.25) is 0 Å². The fourth-order valence-corrected chi connectivity index (χ4v) is 3.43. The molecule has 2 nitrogen and oxygen atoms in total. The molecule has 2 aromatic carbocycles. The molecule has 2 N–H and O–H groups in total. The summed E-state index contributed by atoms with van der Waals surface area (Å²) in [5.74, 6) is 0. The Balaban J connectivity index is 1.88. The van der Waals surface area contributed by atoms with E-state index < -0.39 is 0 Å². The summed E-state index contributed by atoms with van der Waals surface area (Å²) in [6, 6.07) is 14.5. The van der Waals surface area contributed by atoms with E-state index in [4.69, 9.17) is 0 Å². The number of rotatable bonds is 3. The van der Waals surface area contributed by atoms with E-state index in [1.807, 2.05) is 24.4 Å². The maximum atomic E-state index is 3.56. The van der Waals surface area contributed by atoms with Crippen molar-refractivity contribution < 1.29 is 0 Å². The van der Waals surface area contributed by atoms with Crippen molar-refractivity contribution in [3.05, 3.63) is 63.2 Å². The number of benzene rings is 2. The van der Waals surface area contributed by atoms with Crippen molar-refractivity contribution in [3.63, 3.8) is 0 Å². The zero-order valence-electron chi connectivity index (χ0n) is 10.1. The van der Waals surface area contributed by atoms with Gasteiger partial charge in [-0.2, -0.15) is 0 Å². The van der Waals surface area contributed by atoms with Crippen LogP contribution in [0.4, 0.5) is 5.69 Å². The number of nitrogens with one attached hydrogen (secondary N) is 2. The standard InChI is InChI=1S/C15H12Br2N2/c16-12-5-2-6-13(17)15(12)19-9-11-4-1-3-10-7-8-18-14(10)11/h1-8,18-19H,9H2. The fraction of sp³-hybridized carbons (Fsp3) is 0.0667. The van der Waals surface area contributed by atoms with Crippen LogP contribution in [0.25, 0.3) is 10.9 Å². The van der Waals surface area contributed by atoms with Crippen LogP contribution in [0.15, 0.2) is 57.6 Å². The molecule has 0 aliphatic carbocycles. The molecule has 0 unspecified atom stereocenters. The number of hydrogen-bond acceptors (Lipinski definition) is 1. The molecular weight excluding hydrogens is 368 g/mol. The normalized spacial score (nSPS) is 10.8. The third kappa shape index (κ3) is 2.55. The summed E-state index contributed by atoms with van der Waals surface area (Å²) in [7, 11) is 0. The monoisotopic (exact) mass is 378 g/mol. The van der Waals surface area contributed by atoms with Crippen LogP contribution in [0, 0.1) is 0 Å². The molecule has 0 spiro atoms. The van der Waals surface area contributed by atoms with Gasteiger partial charge in [0.1, 0.15) is 0 Å². The number of para-hydroxylation sites is 2. The minimum absolute atomic E-state index is 0.777. The SMILES string of the molecule is Brc1cccc(Br)c1NCc1cccc2cc[nH]c12. The van der Waals surface area contributed by atoms with E-state index in [0.29, 0.717) is 0 Å². The van der Waals surface area contributed by atoms with Crippen LogP contribution in [-0.2, 0) is 6.54 Å². The van der Waals surface area contributed by atoms with Gasteiger partial charge in [0.15, 0.2) is 0 Å². The Kier molecular flexibility index (Phi) is 3.62. The molecule has 0 bridgehead atoms. The van der Waals surface area contributed by atoms with Crippen LogP contribution in [0.3, 0.4) is 0 Å². The van der Waals surface area contributed by atoms with Crippen molar-refractivity contribution in [2.45, 2.75) is 6.54 Å². The number of anilines is 1. The molecule has 0 saturated carbocycles. The predicted molar refractivity (Wildman–Crippen MR) is 87.5 cm³/mol. The molecule has 4 heteroatoms. The summed E-state index contributed by atoms with van der Waals surface area (Å²) in [6.45, 7) is 0.777. The van der Waals surface area contributed by atoms with Crippen LogP contribution in [0.1, 0.15) is 5.56 Å². The van der Waals surface area contributed by atoms with Crippen LogP contribution in [0.5, 0.6) is 0 Å². The lowest BCUT2D eigenvalue weighted by Crippen LogP contribution is -2.01. The third-order valence-electron chi connectivity index (χ3n) is 3.09. The van der Waals surface area contributed by atoms with E-state index in [2.05, 4.69) is 66.4 Å². The second-order valence-electron chi connectivity index (χ2n) is 4.31. The lowest BCUT2D eigenvalue weighted by Gasteiger charge is -2.11. The Morgan fingerprint density at radius 2 is 1.68 bits per heavy atom. The molecule has 3 aromatic rings. The van der Waals surface area contributed by atoms with E-state index >= 15 is 0 Å². The number of fused-ring (bicyclic) bond motifs is 1. The first-order valence-corrected chi connectivity index (χ1v) is 7.57. The summed E-state index contributed by atoms with van der Waals surface area (Å²) in [6.07, 6.45) is 1.97. The topological polar surface area (TPSA) is 27.8 Å². The lowest BCUT2D eigenvalue weighted by molar-refractivity contribution is 1.15. The maximum absolute atomic E-state index is 3.56. The molecule has 0 aliphatic heterocycles.